The first-order valence-corrected chi connectivity index (χ1v) is 6.83. The number of pyridine rings is 1. The zero-order valence-electron chi connectivity index (χ0n) is 12.6. The van der Waals surface area contributed by atoms with E-state index in [-0.39, 0.29) is 12.5 Å². The molecule has 0 unspecified atom stereocenters. The van der Waals surface area contributed by atoms with Gasteiger partial charge in [-0.05, 0) is 31.9 Å². The molecule has 0 aliphatic heterocycles. The molecule has 112 valence electrons. The van der Waals surface area contributed by atoms with E-state index in [0.717, 1.165) is 16.1 Å². The van der Waals surface area contributed by atoms with Gasteiger partial charge in [0.05, 0.1) is 23.5 Å². The van der Waals surface area contributed by atoms with Gasteiger partial charge in [-0.3, -0.25) is 4.98 Å². The number of aromatic nitrogens is 2. The zero-order valence-corrected chi connectivity index (χ0v) is 12.6. The Bertz CT molecular complexity index is 713. The highest BCUT2D eigenvalue weighted by Crippen LogP contribution is 2.15. The topological polar surface area (TPSA) is 77.1 Å². The molecule has 1 amide bonds. The maximum absolute atomic E-state index is 12.1. The molecule has 0 saturated carbocycles. The molecule has 0 saturated heterocycles. The molecule has 2 heterocycles. The van der Waals surface area contributed by atoms with Crippen molar-refractivity contribution >= 4 is 6.03 Å². The number of nitrogens with zero attached hydrogens (tertiary/aromatic N) is 2. The molecule has 0 radical (unpaired) electrons. The van der Waals surface area contributed by atoms with Crippen LogP contribution in [0.25, 0.3) is 0 Å². The summed E-state index contributed by atoms with van der Waals surface area (Å²) >= 11 is 0. The minimum atomic E-state index is -0.472. The van der Waals surface area contributed by atoms with Crippen LogP contribution in [0.15, 0.2) is 27.5 Å². The van der Waals surface area contributed by atoms with Gasteiger partial charge in [-0.25, -0.2) is 9.59 Å². The van der Waals surface area contributed by atoms with Gasteiger partial charge in [-0.1, -0.05) is 19.9 Å². The Morgan fingerprint density at radius 1 is 1.38 bits per heavy atom. The van der Waals surface area contributed by atoms with E-state index in [0.29, 0.717) is 11.3 Å². The quantitative estimate of drug-likeness (QED) is 0.940. The molecule has 2 aromatic heterocycles. The monoisotopic (exact) mass is 289 g/mol. The number of hydrogen-bond acceptors (Lipinski definition) is 4. The molecule has 0 spiro atoms. The summed E-state index contributed by atoms with van der Waals surface area (Å²) in [5, 5.41) is 2.69. The summed E-state index contributed by atoms with van der Waals surface area (Å²) in [5.74, 6) is 0.00809. The molecule has 0 aliphatic carbocycles. The van der Waals surface area contributed by atoms with Crippen molar-refractivity contribution in [2.45, 2.75) is 40.2 Å². The Balaban J connectivity index is 2.14. The first-order chi connectivity index (χ1) is 9.90. The van der Waals surface area contributed by atoms with Crippen LogP contribution in [0.4, 0.5) is 4.79 Å². The zero-order chi connectivity index (χ0) is 15.6. The number of carbonyl (C=O) groups is 1. The Hall–Kier alpha value is -2.37. The number of amides is 1. The van der Waals surface area contributed by atoms with E-state index in [1.807, 2.05) is 39.0 Å². The minimum Gasteiger partial charge on any atom is -0.330 e. The molecule has 1 N–H and O–H groups in total. The van der Waals surface area contributed by atoms with E-state index in [1.54, 1.807) is 6.92 Å². The summed E-state index contributed by atoms with van der Waals surface area (Å²) < 4.78 is 6.02. The standard InChI is InChI=1S/C15H19N3O3/c1-9(2)13-11(4)18(21-14(13)19)15(20)16-8-12-7-5-6-10(3)17-12/h5-7,9H,8H2,1-4H3,(H,16,20). The molecule has 0 bridgehead atoms. The summed E-state index contributed by atoms with van der Waals surface area (Å²) in [6.07, 6.45) is 0. The lowest BCUT2D eigenvalue weighted by Crippen LogP contribution is -2.28. The van der Waals surface area contributed by atoms with E-state index >= 15 is 0 Å². The van der Waals surface area contributed by atoms with Gasteiger partial charge in [0.2, 0.25) is 0 Å². The third-order valence-electron chi connectivity index (χ3n) is 3.22. The SMILES string of the molecule is Cc1cccc(CNC(=O)n2oc(=O)c(C(C)C)c2C)n1. The van der Waals surface area contributed by atoms with Crippen LogP contribution in [0.1, 0.15) is 42.4 Å². The number of nitrogens with one attached hydrogen (secondary N) is 1. The molecule has 6 nitrogen and oxygen atoms in total. The summed E-state index contributed by atoms with van der Waals surface area (Å²) in [7, 11) is 0. The van der Waals surface area contributed by atoms with Crippen LogP contribution in [0, 0.1) is 13.8 Å². The van der Waals surface area contributed by atoms with E-state index in [2.05, 4.69) is 10.3 Å². The lowest BCUT2D eigenvalue weighted by atomic mass is 10.1. The second-order valence-corrected chi connectivity index (χ2v) is 5.26. The molecule has 21 heavy (non-hydrogen) atoms. The lowest BCUT2D eigenvalue weighted by molar-refractivity contribution is 0.204. The largest absolute Gasteiger partial charge is 0.361 e. The maximum Gasteiger partial charge on any atom is 0.361 e. The third-order valence-corrected chi connectivity index (χ3v) is 3.22. The fourth-order valence-electron chi connectivity index (χ4n) is 2.24. The van der Waals surface area contributed by atoms with E-state index < -0.39 is 11.7 Å². The number of rotatable bonds is 3. The van der Waals surface area contributed by atoms with Crippen molar-refractivity contribution in [3.63, 3.8) is 0 Å². The first-order valence-electron chi connectivity index (χ1n) is 6.83. The van der Waals surface area contributed by atoms with Gasteiger partial charge in [-0.15, -0.1) is 4.74 Å². The average molecular weight is 289 g/mol. The van der Waals surface area contributed by atoms with Crippen LogP contribution in [0.2, 0.25) is 0 Å². The van der Waals surface area contributed by atoms with Crippen molar-refractivity contribution in [1.29, 1.82) is 0 Å². The molecule has 0 atom stereocenters. The average Bonchev–Trinajstić information content (AvgIpc) is 2.71. The van der Waals surface area contributed by atoms with Crippen molar-refractivity contribution in [1.82, 2.24) is 15.0 Å². The molecule has 0 aromatic carbocycles. The van der Waals surface area contributed by atoms with Crippen LogP contribution in [0.3, 0.4) is 0 Å². The van der Waals surface area contributed by atoms with E-state index in [9.17, 15) is 9.59 Å². The predicted molar refractivity (Wildman–Crippen MR) is 78.4 cm³/mol. The van der Waals surface area contributed by atoms with Crippen molar-refractivity contribution < 1.29 is 9.32 Å². The smallest absolute Gasteiger partial charge is 0.330 e. The van der Waals surface area contributed by atoms with Gasteiger partial charge in [0, 0.05) is 5.69 Å². The fraction of sp³-hybridized carbons (Fsp3) is 0.400. The summed E-state index contributed by atoms with van der Waals surface area (Å²) in [6.45, 7) is 7.63. The Morgan fingerprint density at radius 2 is 2.10 bits per heavy atom. The second kappa shape index (κ2) is 5.95. The fourth-order valence-corrected chi connectivity index (χ4v) is 2.24. The highest BCUT2D eigenvalue weighted by atomic mass is 16.5. The van der Waals surface area contributed by atoms with Gasteiger partial charge in [0.15, 0.2) is 0 Å². The van der Waals surface area contributed by atoms with Crippen molar-refractivity contribution in [3.05, 3.63) is 51.3 Å². The molecule has 0 aliphatic rings. The van der Waals surface area contributed by atoms with Gasteiger partial charge >= 0.3 is 11.7 Å². The Morgan fingerprint density at radius 3 is 2.67 bits per heavy atom. The van der Waals surface area contributed by atoms with Gasteiger partial charge in [0.25, 0.3) is 0 Å². The van der Waals surface area contributed by atoms with Gasteiger partial charge < -0.3 is 9.84 Å². The van der Waals surface area contributed by atoms with E-state index in [1.165, 1.54) is 0 Å². The normalized spacial score (nSPS) is 10.9. The van der Waals surface area contributed by atoms with Crippen LogP contribution in [-0.2, 0) is 6.54 Å². The molecule has 6 heteroatoms. The molecule has 0 fully saturated rings. The van der Waals surface area contributed by atoms with Crippen molar-refractivity contribution in [2.24, 2.45) is 0 Å². The first kappa shape index (κ1) is 15.0. The second-order valence-electron chi connectivity index (χ2n) is 5.26. The highest BCUT2D eigenvalue weighted by Gasteiger charge is 2.20. The number of carbonyl (C=O) groups excluding carboxylic acids is 1. The number of aryl methyl sites for hydroxylation is 1. The van der Waals surface area contributed by atoms with Crippen LogP contribution in [0.5, 0.6) is 0 Å². The van der Waals surface area contributed by atoms with Crippen molar-refractivity contribution in [2.75, 3.05) is 0 Å². The third kappa shape index (κ3) is 3.21. The van der Waals surface area contributed by atoms with Crippen LogP contribution < -0.4 is 10.9 Å². The van der Waals surface area contributed by atoms with Crippen molar-refractivity contribution in [3.8, 4) is 0 Å². The molecular formula is C15H19N3O3. The highest BCUT2D eigenvalue weighted by molar-refractivity contribution is 5.76. The lowest BCUT2D eigenvalue weighted by Gasteiger charge is -2.06. The summed E-state index contributed by atoms with van der Waals surface area (Å²) in [6, 6.07) is 5.11. The van der Waals surface area contributed by atoms with Gasteiger partial charge in [-0.2, -0.15) is 0 Å². The number of hydrogen-bond donors (Lipinski definition) is 1. The molecule has 2 aromatic rings. The van der Waals surface area contributed by atoms with E-state index in [4.69, 9.17) is 4.52 Å². The Kier molecular flexibility index (Phi) is 4.26. The minimum absolute atomic E-state index is 0.00809. The summed E-state index contributed by atoms with van der Waals surface area (Å²) in [4.78, 5) is 28.1. The van der Waals surface area contributed by atoms with Crippen LogP contribution >= 0.6 is 0 Å². The van der Waals surface area contributed by atoms with Gasteiger partial charge in [0.1, 0.15) is 0 Å². The maximum atomic E-state index is 12.1. The molecular weight excluding hydrogens is 270 g/mol. The molecule has 2 rings (SSSR count). The summed E-state index contributed by atoms with van der Waals surface area (Å²) in [5.41, 5.74) is 2.22. The predicted octanol–water partition coefficient (Wildman–Crippen LogP) is 2.33. The van der Waals surface area contributed by atoms with Crippen LogP contribution in [-0.4, -0.2) is 15.8 Å². The Labute approximate surface area is 122 Å².